The van der Waals surface area contributed by atoms with Gasteiger partial charge in [-0.1, -0.05) is 12.1 Å². The Hall–Kier alpha value is -2.11. The van der Waals surface area contributed by atoms with Crippen LogP contribution in [0.25, 0.3) is 0 Å². The molecule has 0 heterocycles. The third-order valence-corrected chi connectivity index (χ3v) is 2.59. The number of nitro benzene ring substituents is 1. The molecule has 0 aliphatic rings. The first-order chi connectivity index (χ1) is 8.56. The monoisotopic (exact) mass is 252 g/mol. The Kier molecular flexibility index (Phi) is 5.10. The van der Waals surface area contributed by atoms with Gasteiger partial charge in [-0.3, -0.25) is 14.9 Å². The molecule has 0 bridgehead atoms. The second kappa shape index (κ2) is 6.58. The SMILES string of the molecule is COC(=O)CCCN(C)c1ccccc1[N+](=O)[O-]. The van der Waals surface area contributed by atoms with Crippen LogP contribution in [0.2, 0.25) is 0 Å². The van der Waals surface area contributed by atoms with Crippen molar-refractivity contribution in [3.63, 3.8) is 0 Å². The van der Waals surface area contributed by atoms with Gasteiger partial charge in [0.15, 0.2) is 0 Å². The molecule has 98 valence electrons. The number of hydrogen-bond acceptors (Lipinski definition) is 5. The molecule has 0 saturated heterocycles. The fourth-order valence-corrected chi connectivity index (χ4v) is 1.62. The predicted molar refractivity (Wildman–Crippen MR) is 67.6 cm³/mol. The summed E-state index contributed by atoms with van der Waals surface area (Å²) in [6, 6.07) is 6.53. The van der Waals surface area contributed by atoms with E-state index in [1.165, 1.54) is 13.2 Å². The number of carbonyl (C=O) groups is 1. The molecule has 0 N–H and O–H groups in total. The van der Waals surface area contributed by atoms with Gasteiger partial charge in [0, 0.05) is 26.1 Å². The first kappa shape index (κ1) is 14.0. The molecule has 0 radical (unpaired) electrons. The molecule has 0 saturated carbocycles. The maximum absolute atomic E-state index is 11.0. The molecule has 0 unspecified atom stereocenters. The highest BCUT2D eigenvalue weighted by Gasteiger charge is 2.15. The molecule has 6 heteroatoms. The fourth-order valence-electron chi connectivity index (χ4n) is 1.62. The molecule has 0 atom stereocenters. The normalized spacial score (nSPS) is 9.89. The van der Waals surface area contributed by atoms with Gasteiger partial charge in [-0.25, -0.2) is 0 Å². The van der Waals surface area contributed by atoms with Crippen molar-refractivity contribution in [2.75, 3.05) is 25.6 Å². The number of carbonyl (C=O) groups excluding carboxylic acids is 1. The third kappa shape index (κ3) is 3.73. The summed E-state index contributed by atoms with van der Waals surface area (Å²) in [5.74, 6) is -0.272. The molecule has 0 fully saturated rings. The first-order valence-corrected chi connectivity index (χ1v) is 5.57. The number of hydrogen-bond donors (Lipinski definition) is 0. The van der Waals surface area contributed by atoms with E-state index in [0.717, 1.165) is 0 Å². The summed E-state index contributed by atoms with van der Waals surface area (Å²) in [5, 5.41) is 10.9. The minimum Gasteiger partial charge on any atom is -0.469 e. The Bertz CT molecular complexity index is 434. The summed E-state index contributed by atoms with van der Waals surface area (Å²) in [4.78, 5) is 23.2. The molecule has 1 aromatic rings. The van der Waals surface area contributed by atoms with Gasteiger partial charge < -0.3 is 9.64 Å². The van der Waals surface area contributed by atoms with Crippen molar-refractivity contribution in [2.45, 2.75) is 12.8 Å². The van der Waals surface area contributed by atoms with Gasteiger partial charge >= 0.3 is 5.97 Å². The molecule has 18 heavy (non-hydrogen) atoms. The number of nitro groups is 1. The average Bonchev–Trinajstić information content (AvgIpc) is 2.38. The lowest BCUT2D eigenvalue weighted by atomic mass is 10.2. The highest BCUT2D eigenvalue weighted by Crippen LogP contribution is 2.26. The first-order valence-electron chi connectivity index (χ1n) is 5.57. The van der Waals surface area contributed by atoms with Gasteiger partial charge in [0.25, 0.3) is 5.69 Å². The Labute approximate surface area is 105 Å². The lowest BCUT2D eigenvalue weighted by Gasteiger charge is -2.18. The van der Waals surface area contributed by atoms with E-state index in [2.05, 4.69) is 4.74 Å². The lowest BCUT2D eigenvalue weighted by Crippen LogP contribution is -2.20. The highest BCUT2D eigenvalue weighted by molar-refractivity contribution is 5.69. The number of anilines is 1. The van der Waals surface area contributed by atoms with E-state index in [9.17, 15) is 14.9 Å². The smallest absolute Gasteiger partial charge is 0.305 e. The molecule has 1 rings (SSSR count). The number of methoxy groups -OCH3 is 1. The zero-order chi connectivity index (χ0) is 13.5. The van der Waals surface area contributed by atoms with E-state index in [1.807, 2.05) is 0 Å². The zero-order valence-corrected chi connectivity index (χ0v) is 10.5. The number of para-hydroxylation sites is 2. The molecular formula is C12H16N2O4. The summed E-state index contributed by atoms with van der Waals surface area (Å²) in [7, 11) is 3.10. The van der Waals surface area contributed by atoms with Crippen LogP contribution in [0.5, 0.6) is 0 Å². The average molecular weight is 252 g/mol. The van der Waals surface area contributed by atoms with Crippen LogP contribution in [-0.2, 0) is 9.53 Å². The Morgan fingerprint density at radius 1 is 1.44 bits per heavy atom. The maximum Gasteiger partial charge on any atom is 0.305 e. The summed E-state index contributed by atoms with van der Waals surface area (Å²) in [6.45, 7) is 0.556. The second-order valence-electron chi connectivity index (χ2n) is 3.85. The number of esters is 1. The zero-order valence-electron chi connectivity index (χ0n) is 10.5. The van der Waals surface area contributed by atoms with Crippen LogP contribution in [0.1, 0.15) is 12.8 Å². The van der Waals surface area contributed by atoms with E-state index in [0.29, 0.717) is 25.1 Å². The fraction of sp³-hybridized carbons (Fsp3) is 0.417. The maximum atomic E-state index is 11.0. The lowest BCUT2D eigenvalue weighted by molar-refractivity contribution is -0.384. The molecule has 0 aromatic heterocycles. The van der Waals surface area contributed by atoms with Crippen LogP contribution < -0.4 is 4.90 Å². The van der Waals surface area contributed by atoms with Crippen LogP contribution in [0.3, 0.4) is 0 Å². The van der Waals surface area contributed by atoms with Crippen molar-refractivity contribution in [2.24, 2.45) is 0 Å². The molecule has 6 nitrogen and oxygen atoms in total. The molecule has 0 aliphatic heterocycles. The topological polar surface area (TPSA) is 72.7 Å². The minimum atomic E-state index is -0.411. The van der Waals surface area contributed by atoms with E-state index in [-0.39, 0.29) is 11.7 Å². The molecule has 1 aromatic carbocycles. The summed E-state index contributed by atoms with van der Waals surface area (Å²) >= 11 is 0. The number of ether oxygens (including phenoxy) is 1. The largest absolute Gasteiger partial charge is 0.469 e. The van der Waals surface area contributed by atoms with Crippen molar-refractivity contribution in [3.8, 4) is 0 Å². The molecule has 0 aliphatic carbocycles. The third-order valence-electron chi connectivity index (χ3n) is 2.59. The quantitative estimate of drug-likeness (QED) is 0.439. The molecule has 0 spiro atoms. The Morgan fingerprint density at radius 2 is 2.11 bits per heavy atom. The van der Waals surface area contributed by atoms with Gasteiger partial charge in [0.2, 0.25) is 0 Å². The van der Waals surface area contributed by atoms with Crippen LogP contribution in [0.15, 0.2) is 24.3 Å². The van der Waals surface area contributed by atoms with E-state index in [4.69, 9.17) is 0 Å². The van der Waals surface area contributed by atoms with Gasteiger partial charge in [-0.2, -0.15) is 0 Å². The second-order valence-corrected chi connectivity index (χ2v) is 3.85. The van der Waals surface area contributed by atoms with Gasteiger partial charge in [-0.15, -0.1) is 0 Å². The predicted octanol–water partition coefficient (Wildman–Crippen LogP) is 1.98. The van der Waals surface area contributed by atoms with Crippen LogP contribution >= 0.6 is 0 Å². The van der Waals surface area contributed by atoms with E-state index < -0.39 is 4.92 Å². The van der Waals surface area contributed by atoms with E-state index >= 15 is 0 Å². The summed E-state index contributed by atoms with van der Waals surface area (Å²) < 4.78 is 4.53. The van der Waals surface area contributed by atoms with E-state index in [1.54, 1.807) is 30.1 Å². The Morgan fingerprint density at radius 3 is 2.72 bits per heavy atom. The highest BCUT2D eigenvalue weighted by atomic mass is 16.6. The van der Waals surface area contributed by atoms with Crippen molar-refractivity contribution in [1.82, 2.24) is 0 Å². The Balaban J connectivity index is 2.64. The summed E-state index contributed by atoms with van der Waals surface area (Å²) in [5.41, 5.74) is 0.616. The molecule has 0 amide bonds. The number of rotatable bonds is 6. The van der Waals surface area contributed by atoms with Crippen LogP contribution in [0, 0.1) is 10.1 Å². The minimum absolute atomic E-state index is 0.0677. The van der Waals surface area contributed by atoms with Crippen LogP contribution in [-0.4, -0.2) is 31.6 Å². The van der Waals surface area contributed by atoms with Gasteiger partial charge in [0.05, 0.1) is 12.0 Å². The van der Waals surface area contributed by atoms with Crippen molar-refractivity contribution < 1.29 is 14.5 Å². The van der Waals surface area contributed by atoms with Gasteiger partial charge in [0.1, 0.15) is 5.69 Å². The number of nitrogens with zero attached hydrogens (tertiary/aromatic N) is 2. The van der Waals surface area contributed by atoms with Gasteiger partial charge in [-0.05, 0) is 12.5 Å². The summed E-state index contributed by atoms with van der Waals surface area (Å²) in [6.07, 6.45) is 0.899. The van der Waals surface area contributed by atoms with Crippen molar-refractivity contribution in [3.05, 3.63) is 34.4 Å². The van der Waals surface area contributed by atoms with Crippen molar-refractivity contribution in [1.29, 1.82) is 0 Å². The standard InChI is InChI=1S/C12H16N2O4/c1-13(9-5-8-12(15)18-2)10-6-3-4-7-11(10)14(16)17/h3-4,6-7H,5,8-9H2,1-2H3. The van der Waals surface area contributed by atoms with Crippen LogP contribution in [0.4, 0.5) is 11.4 Å². The van der Waals surface area contributed by atoms with Crippen molar-refractivity contribution >= 4 is 17.3 Å². The molecular weight excluding hydrogens is 236 g/mol. The number of benzene rings is 1.